The highest BCUT2D eigenvalue weighted by Crippen LogP contribution is 2.36. The normalized spacial score (nSPS) is 14.9. The smallest absolute Gasteiger partial charge is 0.274 e. The molecule has 0 spiro atoms. The highest BCUT2D eigenvalue weighted by Gasteiger charge is 2.29. The number of para-hydroxylation sites is 1. The third-order valence-electron chi connectivity index (χ3n) is 5.98. The summed E-state index contributed by atoms with van der Waals surface area (Å²) in [5.41, 5.74) is 3.55. The van der Waals surface area contributed by atoms with Crippen LogP contribution in [0.4, 0.5) is 22.2 Å². The van der Waals surface area contributed by atoms with Gasteiger partial charge in [0.2, 0.25) is 5.13 Å². The summed E-state index contributed by atoms with van der Waals surface area (Å²) >= 11 is 8.37. The standard InChI is InChI=1S/C27H26N6OS3/c1-3-4-8-15-33-22(24(34)28-27(33)35)16-21-17-23-25(36-21)29-26(37-23)31-30-18-11-13-20(14-12-18)32(2)19-9-6-5-7-10-19/h5-7,9-14,16-17H,3-4,8,15H2,1-2H3,(H,28,34,35)/b22-16+,31-30?. The third kappa shape index (κ3) is 5.76. The lowest BCUT2D eigenvalue weighted by Gasteiger charge is -2.19. The lowest BCUT2D eigenvalue weighted by molar-refractivity contribution is -0.115. The number of nitrogens with one attached hydrogen (secondary N) is 1. The zero-order valence-electron chi connectivity index (χ0n) is 20.5. The molecule has 3 heterocycles. The predicted octanol–water partition coefficient (Wildman–Crippen LogP) is 7.79. The average molecular weight is 547 g/mol. The Balaban J connectivity index is 1.27. The number of carbonyl (C=O) groups is 1. The fourth-order valence-corrected chi connectivity index (χ4v) is 6.24. The number of thiazole rings is 1. The SMILES string of the molecule is CCCCCN1C(=S)NC(=O)/C1=C\c1cc2sc(N=Nc3ccc(N(C)c4ccccc4)cc3)nc2s1. The molecule has 0 unspecified atom stereocenters. The lowest BCUT2D eigenvalue weighted by Crippen LogP contribution is -2.28. The molecule has 0 bridgehead atoms. The number of carbonyl (C=O) groups excluding carboxylic acids is 1. The van der Waals surface area contributed by atoms with E-state index >= 15 is 0 Å². The van der Waals surface area contributed by atoms with Crippen LogP contribution >= 0.6 is 34.9 Å². The quantitative estimate of drug-likeness (QED) is 0.100. The summed E-state index contributed by atoms with van der Waals surface area (Å²) in [6.45, 7) is 2.90. The van der Waals surface area contributed by atoms with E-state index in [-0.39, 0.29) is 5.91 Å². The molecule has 1 N–H and O–H groups in total. The molecular formula is C27H26N6OS3. The van der Waals surface area contributed by atoms with Crippen molar-refractivity contribution in [3.63, 3.8) is 0 Å². The average Bonchev–Trinajstić information content (AvgIpc) is 3.55. The number of anilines is 2. The van der Waals surface area contributed by atoms with Gasteiger partial charge in [-0.05, 0) is 67.2 Å². The number of rotatable bonds is 9. The fourth-order valence-electron chi connectivity index (χ4n) is 3.98. The molecule has 1 aliphatic rings. The van der Waals surface area contributed by atoms with Crippen LogP contribution in [0.15, 0.2) is 76.6 Å². The second-order valence-electron chi connectivity index (χ2n) is 8.57. The zero-order valence-corrected chi connectivity index (χ0v) is 23.0. The Morgan fingerprint density at radius 3 is 2.54 bits per heavy atom. The van der Waals surface area contributed by atoms with Gasteiger partial charge in [-0.15, -0.1) is 21.6 Å². The largest absolute Gasteiger partial charge is 0.345 e. The number of amides is 1. The van der Waals surface area contributed by atoms with E-state index in [0.29, 0.717) is 15.9 Å². The zero-order chi connectivity index (χ0) is 25.8. The minimum absolute atomic E-state index is 0.151. The van der Waals surface area contributed by atoms with Crippen LogP contribution in [0.5, 0.6) is 0 Å². The van der Waals surface area contributed by atoms with Crippen LogP contribution in [-0.4, -0.2) is 34.5 Å². The molecule has 7 nitrogen and oxygen atoms in total. The van der Waals surface area contributed by atoms with E-state index in [2.05, 4.69) is 44.5 Å². The van der Waals surface area contributed by atoms with Gasteiger partial charge in [0.1, 0.15) is 10.5 Å². The van der Waals surface area contributed by atoms with Crippen LogP contribution in [0.1, 0.15) is 31.1 Å². The number of aromatic nitrogens is 1. The van der Waals surface area contributed by atoms with Crippen LogP contribution < -0.4 is 10.2 Å². The van der Waals surface area contributed by atoms with Crippen LogP contribution in [-0.2, 0) is 4.79 Å². The van der Waals surface area contributed by atoms with Crippen molar-refractivity contribution in [2.45, 2.75) is 26.2 Å². The van der Waals surface area contributed by atoms with Crippen LogP contribution in [0.25, 0.3) is 15.6 Å². The van der Waals surface area contributed by atoms with Gasteiger partial charge in [0.25, 0.3) is 5.91 Å². The third-order valence-corrected chi connectivity index (χ3v) is 8.30. The minimum Gasteiger partial charge on any atom is -0.345 e. The van der Waals surface area contributed by atoms with Crippen molar-refractivity contribution < 1.29 is 4.79 Å². The molecule has 5 rings (SSSR count). The van der Waals surface area contributed by atoms with Gasteiger partial charge in [-0.1, -0.05) is 49.3 Å². The van der Waals surface area contributed by atoms with E-state index in [9.17, 15) is 4.79 Å². The Morgan fingerprint density at radius 1 is 1.05 bits per heavy atom. The predicted molar refractivity (Wildman–Crippen MR) is 158 cm³/mol. The number of unbranched alkanes of at least 4 members (excludes halogenated alkanes) is 2. The Labute approximate surface area is 229 Å². The van der Waals surface area contributed by atoms with E-state index < -0.39 is 0 Å². The monoisotopic (exact) mass is 546 g/mol. The number of hydrogen-bond acceptors (Lipinski definition) is 8. The number of benzene rings is 2. The van der Waals surface area contributed by atoms with Gasteiger partial charge in [-0.3, -0.25) is 10.1 Å². The molecule has 4 aromatic rings. The molecule has 188 valence electrons. The molecule has 1 aliphatic heterocycles. The summed E-state index contributed by atoms with van der Waals surface area (Å²) in [7, 11) is 2.04. The molecule has 0 atom stereocenters. The van der Waals surface area contributed by atoms with Gasteiger partial charge >= 0.3 is 0 Å². The van der Waals surface area contributed by atoms with Crippen molar-refractivity contribution in [1.29, 1.82) is 0 Å². The maximum Gasteiger partial charge on any atom is 0.274 e. The Hall–Kier alpha value is -3.47. The van der Waals surface area contributed by atoms with Gasteiger partial charge in [-0.25, -0.2) is 4.98 Å². The van der Waals surface area contributed by atoms with Crippen LogP contribution in [0, 0.1) is 0 Å². The van der Waals surface area contributed by atoms with E-state index in [1.54, 1.807) is 0 Å². The summed E-state index contributed by atoms with van der Waals surface area (Å²) in [6, 6.07) is 20.2. The number of thiophene rings is 1. The number of fused-ring (bicyclic) bond motifs is 1. The molecule has 10 heteroatoms. The summed E-state index contributed by atoms with van der Waals surface area (Å²) in [4.78, 5) is 22.9. The molecule has 37 heavy (non-hydrogen) atoms. The van der Waals surface area contributed by atoms with Gasteiger partial charge in [0.15, 0.2) is 5.11 Å². The van der Waals surface area contributed by atoms with Crippen molar-refractivity contribution in [1.82, 2.24) is 15.2 Å². The van der Waals surface area contributed by atoms with Crippen molar-refractivity contribution >= 4 is 83.7 Å². The Kier molecular flexibility index (Phi) is 7.68. The molecule has 1 amide bonds. The first-order valence-corrected chi connectivity index (χ1v) is 14.1. The van der Waals surface area contributed by atoms with Crippen molar-refractivity contribution in [3.05, 3.63) is 71.2 Å². The molecular weight excluding hydrogens is 521 g/mol. The van der Waals surface area contributed by atoms with E-state index in [1.165, 1.54) is 22.7 Å². The molecule has 1 fully saturated rings. The molecule has 1 saturated heterocycles. The van der Waals surface area contributed by atoms with Crippen LogP contribution in [0.3, 0.4) is 0 Å². The number of azo groups is 1. The first kappa shape index (κ1) is 25.2. The molecule has 0 radical (unpaired) electrons. The summed E-state index contributed by atoms with van der Waals surface area (Å²) in [5.74, 6) is -0.151. The van der Waals surface area contributed by atoms with E-state index in [4.69, 9.17) is 12.2 Å². The molecule has 0 saturated carbocycles. The lowest BCUT2D eigenvalue weighted by atomic mass is 10.2. The van der Waals surface area contributed by atoms with Gasteiger partial charge in [0, 0.05) is 29.8 Å². The topological polar surface area (TPSA) is 73.2 Å². The molecule has 2 aromatic heterocycles. The number of nitrogens with zero attached hydrogens (tertiary/aromatic N) is 5. The Bertz CT molecular complexity index is 1440. The summed E-state index contributed by atoms with van der Waals surface area (Å²) in [5, 5.41) is 12.6. The maximum atomic E-state index is 12.4. The molecule has 2 aromatic carbocycles. The summed E-state index contributed by atoms with van der Waals surface area (Å²) < 4.78 is 1.02. The van der Waals surface area contributed by atoms with Gasteiger partial charge in [0.05, 0.1) is 10.4 Å². The van der Waals surface area contributed by atoms with Crippen LogP contribution in [0.2, 0.25) is 0 Å². The fraction of sp³-hybridized carbons (Fsp3) is 0.222. The maximum absolute atomic E-state index is 12.4. The second kappa shape index (κ2) is 11.3. The van der Waals surface area contributed by atoms with Crippen molar-refractivity contribution in [3.8, 4) is 0 Å². The Morgan fingerprint density at radius 2 is 1.81 bits per heavy atom. The second-order valence-corrected chi connectivity index (χ2v) is 11.0. The first-order chi connectivity index (χ1) is 18.0. The van der Waals surface area contributed by atoms with E-state index in [0.717, 1.165) is 57.3 Å². The summed E-state index contributed by atoms with van der Waals surface area (Å²) in [6.07, 6.45) is 5.11. The highest BCUT2D eigenvalue weighted by molar-refractivity contribution is 7.80. The van der Waals surface area contributed by atoms with E-state index in [1.807, 2.05) is 66.6 Å². The minimum atomic E-state index is -0.151. The number of hydrogen-bond donors (Lipinski definition) is 1. The van der Waals surface area contributed by atoms with Crippen molar-refractivity contribution in [2.24, 2.45) is 10.2 Å². The van der Waals surface area contributed by atoms with Gasteiger partial charge < -0.3 is 9.80 Å². The number of thiocarbonyl (C=S) groups is 1. The highest BCUT2D eigenvalue weighted by atomic mass is 32.1. The molecule has 0 aliphatic carbocycles. The van der Waals surface area contributed by atoms with Crippen molar-refractivity contribution in [2.75, 3.05) is 18.5 Å². The first-order valence-electron chi connectivity index (χ1n) is 12.1. The van der Waals surface area contributed by atoms with Gasteiger partial charge in [-0.2, -0.15) is 0 Å².